The van der Waals surface area contributed by atoms with Crippen LogP contribution in [0.1, 0.15) is 34.5 Å². The quantitative estimate of drug-likeness (QED) is 0.700. The van der Waals surface area contributed by atoms with Crippen LogP contribution in [0.5, 0.6) is 0 Å². The second kappa shape index (κ2) is 7.21. The Bertz CT molecular complexity index is 1070. The molecule has 1 amide bonds. The molecule has 1 N–H and O–H groups in total. The van der Waals surface area contributed by atoms with E-state index in [1.807, 2.05) is 26.0 Å². The molecule has 136 valence electrons. The predicted octanol–water partition coefficient (Wildman–Crippen LogP) is 1.80. The number of amides is 1. The summed E-state index contributed by atoms with van der Waals surface area (Å²) in [6, 6.07) is 10.1. The summed E-state index contributed by atoms with van der Waals surface area (Å²) in [6.45, 7) is 5.08. The van der Waals surface area contributed by atoms with E-state index in [0.717, 1.165) is 11.4 Å². The number of anilines is 1. The zero-order valence-corrected chi connectivity index (χ0v) is 14.9. The molecule has 1 atom stereocenters. The first-order valence-corrected chi connectivity index (χ1v) is 8.10. The molecule has 1 aromatic carbocycles. The van der Waals surface area contributed by atoms with Crippen LogP contribution in [0.4, 0.5) is 5.69 Å². The summed E-state index contributed by atoms with van der Waals surface area (Å²) in [5.41, 5.74) is 2.49. The van der Waals surface area contributed by atoms with Crippen molar-refractivity contribution in [2.45, 2.75) is 26.9 Å². The SMILES string of the molecule is Cc1cc(C)n2nc(C(=O)O[C@@H](C)C(=O)Nc3ccc(C#N)cc3)nc2n1. The largest absolute Gasteiger partial charge is 0.447 e. The molecule has 0 saturated heterocycles. The van der Waals surface area contributed by atoms with Gasteiger partial charge in [0, 0.05) is 17.1 Å². The summed E-state index contributed by atoms with van der Waals surface area (Å²) in [4.78, 5) is 32.7. The fourth-order valence-corrected chi connectivity index (χ4v) is 2.39. The van der Waals surface area contributed by atoms with Crippen LogP contribution in [-0.4, -0.2) is 37.6 Å². The maximum Gasteiger partial charge on any atom is 0.379 e. The topological polar surface area (TPSA) is 122 Å². The van der Waals surface area contributed by atoms with Crippen LogP contribution in [-0.2, 0) is 9.53 Å². The minimum absolute atomic E-state index is 0.172. The van der Waals surface area contributed by atoms with E-state index in [9.17, 15) is 9.59 Å². The smallest absolute Gasteiger partial charge is 0.379 e. The Morgan fingerprint density at radius 3 is 2.59 bits per heavy atom. The number of nitriles is 1. The maximum absolute atomic E-state index is 12.3. The van der Waals surface area contributed by atoms with Crippen molar-refractivity contribution in [3.05, 3.63) is 53.1 Å². The number of ether oxygens (including phenoxy) is 1. The molecule has 2 heterocycles. The van der Waals surface area contributed by atoms with E-state index in [-0.39, 0.29) is 11.6 Å². The number of rotatable bonds is 4. The standard InChI is InChI=1S/C18H16N6O3/c1-10-8-11(2)24-18(20-10)22-15(23-24)17(26)27-12(3)16(25)21-14-6-4-13(9-19)5-7-14/h4-8,12H,1-3H3,(H,21,25)/t12-/m0/s1. The van der Waals surface area contributed by atoms with Crippen molar-refractivity contribution in [2.75, 3.05) is 5.32 Å². The zero-order chi connectivity index (χ0) is 19.6. The van der Waals surface area contributed by atoms with Gasteiger partial charge in [0.15, 0.2) is 6.10 Å². The van der Waals surface area contributed by atoms with Crippen molar-refractivity contribution in [3.63, 3.8) is 0 Å². The molecular weight excluding hydrogens is 348 g/mol. The molecule has 27 heavy (non-hydrogen) atoms. The van der Waals surface area contributed by atoms with Gasteiger partial charge in [-0.3, -0.25) is 4.79 Å². The molecule has 9 nitrogen and oxygen atoms in total. The molecule has 0 fully saturated rings. The molecule has 0 unspecified atom stereocenters. The lowest BCUT2D eigenvalue weighted by Crippen LogP contribution is -2.30. The molecule has 0 spiro atoms. The first-order valence-electron chi connectivity index (χ1n) is 8.10. The van der Waals surface area contributed by atoms with E-state index in [2.05, 4.69) is 20.4 Å². The van der Waals surface area contributed by atoms with E-state index in [1.54, 1.807) is 24.3 Å². The van der Waals surface area contributed by atoms with Gasteiger partial charge in [-0.15, -0.1) is 5.10 Å². The first kappa shape index (κ1) is 18.0. The van der Waals surface area contributed by atoms with E-state index < -0.39 is 18.0 Å². The van der Waals surface area contributed by atoms with E-state index in [1.165, 1.54) is 11.4 Å². The van der Waals surface area contributed by atoms with Crippen LogP contribution in [0, 0.1) is 25.2 Å². The first-order chi connectivity index (χ1) is 12.9. The molecule has 0 aliphatic heterocycles. The Hall–Kier alpha value is -3.80. The molecule has 0 aliphatic carbocycles. The van der Waals surface area contributed by atoms with Crippen LogP contribution in [0.3, 0.4) is 0 Å². The highest BCUT2D eigenvalue weighted by molar-refractivity contribution is 5.96. The van der Waals surface area contributed by atoms with Crippen molar-refractivity contribution in [1.29, 1.82) is 5.26 Å². The number of carbonyl (C=O) groups is 2. The summed E-state index contributed by atoms with van der Waals surface area (Å²) in [7, 11) is 0. The molecular formula is C18H16N6O3. The number of nitrogens with zero attached hydrogens (tertiary/aromatic N) is 5. The van der Waals surface area contributed by atoms with Gasteiger partial charge < -0.3 is 10.1 Å². The van der Waals surface area contributed by atoms with Gasteiger partial charge in [0.2, 0.25) is 0 Å². The number of fused-ring (bicyclic) bond motifs is 1. The molecule has 2 aromatic heterocycles. The monoisotopic (exact) mass is 364 g/mol. The highest BCUT2D eigenvalue weighted by atomic mass is 16.5. The van der Waals surface area contributed by atoms with Gasteiger partial charge in [0.25, 0.3) is 17.5 Å². The lowest BCUT2D eigenvalue weighted by Gasteiger charge is -2.12. The lowest BCUT2D eigenvalue weighted by molar-refractivity contribution is -0.123. The zero-order valence-electron chi connectivity index (χ0n) is 14.9. The maximum atomic E-state index is 12.3. The van der Waals surface area contributed by atoms with E-state index >= 15 is 0 Å². The molecule has 3 aromatic rings. The Morgan fingerprint density at radius 2 is 1.93 bits per heavy atom. The summed E-state index contributed by atoms with van der Waals surface area (Å²) >= 11 is 0. The summed E-state index contributed by atoms with van der Waals surface area (Å²) in [5.74, 6) is -1.22. The summed E-state index contributed by atoms with van der Waals surface area (Å²) < 4.78 is 6.58. The van der Waals surface area contributed by atoms with Gasteiger partial charge in [0.1, 0.15) is 0 Å². The number of carbonyl (C=O) groups excluding carboxylic acids is 2. The Morgan fingerprint density at radius 1 is 1.22 bits per heavy atom. The predicted molar refractivity (Wildman–Crippen MR) is 94.9 cm³/mol. The van der Waals surface area contributed by atoms with E-state index in [4.69, 9.17) is 10.00 Å². The van der Waals surface area contributed by atoms with Crippen molar-refractivity contribution >= 4 is 23.3 Å². The van der Waals surface area contributed by atoms with Crippen molar-refractivity contribution in [2.24, 2.45) is 0 Å². The fraction of sp³-hybridized carbons (Fsp3) is 0.222. The second-order valence-corrected chi connectivity index (χ2v) is 5.91. The van der Waals surface area contributed by atoms with Gasteiger partial charge in [-0.1, -0.05) is 0 Å². The average molecular weight is 364 g/mol. The summed E-state index contributed by atoms with van der Waals surface area (Å²) in [5, 5.41) is 15.5. The number of aromatic nitrogens is 4. The third kappa shape index (κ3) is 3.90. The van der Waals surface area contributed by atoms with Crippen LogP contribution in [0.2, 0.25) is 0 Å². The van der Waals surface area contributed by atoms with Gasteiger partial charge in [-0.05, 0) is 51.1 Å². The molecule has 0 aliphatic rings. The molecule has 9 heteroatoms. The minimum atomic E-state index is -1.06. The van der Waals surface area contributed by atoms with Crippen LogP contribution < -0.4 is 5.32 Å². The number of hydrogen-bond acceptors (Lipinski definition) is 7. The number of esters is 1. The van der Waals surface area contributed by atoms with Gasteiger partial charge in [-0.25, -0.2) is 14.3 Å². The molecule has 0 saturated carbocycles. The summed E-state index contributed by atoms with van der Waals surface area (Å²) in [6.07, 6.45) is -1.06. The molecule has 0 bridgehead atoms. The highest BCUT2D eigenvalue weighted by Crippen LogP contribution is 2.11. The molecule has 0 radical (unpaired) electrons. The second-order valence-electron chi connectivity index (χ2n) is 5.91. The Kier molecular flexibility index (Phi) is 4.81. The normalized spacial score (nSPS) is 11.6. The van der Waals surface area contributed by atoms with Crippen molar-refractivity contribution < 1.29 is 14.3 Å². The van der Waals surface area contributed by atoms with Crippen LogP contribution >= 0.6 is 0 Å². The van der Waals surface area contributed by atoms with Crippen LogP contribution in [0.25, 0.3) is 5.78 Å². The Labute approximate surface area is 154 Å². The van der Waals surface area contributed by atoms with Crippen LogP contribution in [0.15, 0.2) is 30.3 Å². The van der Waals surface area contributed by atoms with Crippen molar-refractivity contribution in [3.8, 4) is 6.07 Å². The molecule has 3 rings (SSSR count). The number of nitrogens with one attached hydrogen (secondary N) is 1. The minimum Gasteiger partial charge on any atom is -0.447 e. The van der Waals surface area contributed by atoms with E-state index in [0.29, 0.717) is 11.3 Å². The van der Waals surface area contributed by atoms with Gasteiger partial charge in [-0.2, -0.15) is 10.2 Å². The number of hydrogen-bond donors (Lipinski definition) is 1. The number of benzene rings is 1. The Balaban J connectivity index is 1.68. The number of aryl methyl sites for hydroxylation is 2. The van der Waals surface area contributed by atoms with Crippen molar-refractivity contribution in [1.82, 2.24) is 19.6 Å². The highest BCUT2D eigenvalue weighted by Gasteiger charge is 2.23. The third-order valence-electron chi connectivity index (χ3n) is 3.74. The van der Waals surface area contributed by atoms with Gasteiger partial charge in [0.05, 0.1) is 11.6 Å². The van der Waals surface area contributed by atoms with Gasteiger partial charge >= 0.3 is 5.97 Å². The average Bonchev–Trinajstić information content (AvgIpc) is 3.06. The third-order valence-corrected chi connectivity index (χ3v) is 3.74. The lowest BCUT2D eigenvalue weighted by atomic mass is 10.2. The fourth-order valence-electron chi connectivity index (χ4n) is 2.39.